The van der Waals surface area contributed by atoms with E-state index in [1.807, 2.05) is 12.1 Å². The number of rotatable bonds is 7. The Kier molecular flexibility index (Phi) is 6.54. The van der Waals surface area contributed by atoms with Crippen LogP contribution in [0.5, 0.6) is 5.75 Å². The minimum absolute atomic E-state index is 0.371. The molecule has 0 aliphatic heterocycles. The molecule has 0 spiro atoms. The number of carbonyl (C=O) groups excluding carboxylic acids is 2. The number of benzene rings is 1. The number of esters is 1. The minimum atomic E-state index is -1.01. The molecule has 1 aromatic carbocycles. The molecule has 0 aliphatic rings. The summed E-state index contributed by atoms with van der Waals surface area (Å²) in [5, 5.41) is 13.7. The number of nitrogens with one attached hydrogen (secondary N) is 1. The molecule has 25 heavy (non-hydrogen) atoms. The average Bonchev–Trinajstić information content (AvgIpc) is 3.07. The lowest BCUT2D eigenvalue weighted by molar-refractivity contribution is -0.160. The van der Waals surface area contributed by atoms with Gasteiger partial charge in [0.2, 0.25) is 0 Å². The molecule has 130 valence electrons. The van der Waals surface area contributed by atoms with Crippen LogP contribution in [0, 0.1) is 11.3 Å². The molecule has 1 amide bonds. The van der Waals surface area contributed by atoms with Crippen LogP contribution in [-0.2, 0) is 14.3 Å². The van der Waals surface area contributed by atoms with E-state index in [0.29, 0.717) is 22.7 Å². The third-order valence-electron chi connectivity index (χ3n) is 3.34. The number of nitrogens with zero attached hydrogens (tertiary/aromatic N) is 1. The summed E-state index contributed by atoms with van der Waals surface area (Å²) < 4.78 is 10.8. The normalized spacial score (nSPS) is 12.5. The minimum Gasteiger partial charge on any atom is -0.479 e. The van der Waals surface area contributed by atoms with E-state index in [0.717, 1.165) is 0 Å². The zero-order valence-electron chi connectivity index (χ0n) is 13.9. The molecule has 0 saturated carbocycles. The number of ether oxygens (including phenoxy) is 2. The maximum atomic E-state index is 12.2. The number of carbonyl (C=O) groups is 2. The van der Waals surface area contributed by atoms with Crippen molar-refractivity contribution in [2.24, 2.45) is 0 Å². The number of thiophene rings is 1. The van der Waals surface area contributed by atoms with Crippen molar-refractivity contribution < 1.29 is 19.1 Å². The molecular weight excluding hydrogens is 340 g/mol. The Morgan fingerprint density at radius 3 is 2.64 bits per heavy atom. The van der Waals surface area contributed by atoms with Gasteiger partial charge in [0, 0.05) is 0 Å². The Labute approximate surface area is 150 Å². The van der Waals surface area contributed by atoms with Crippen molar-refractivity contribution in [3.63, 3.8) is 0 Å². The smallest absolute Gasteiger partial charge is 0.348 e. The van der Waals surface area contributed by atoms with E-state index in [1.54, 1.807) is 42.6 Å². The van der Waals surface area contributed by atoms with E-state index in [-0.39, 0.29) is 0 Å². The highest BCUT2D eigenvalue weighted by Crippen LogP contribution is 2.22. The molecule has 0 fully saturated rings. The number of nitriles is 1. The Bertz CT molecular complexity index is 767. The molecule has 1 heterocycles. The van der Waals surface area contributed by atoms with Gasteiger partial charge < -0.3 is 14.8 Å². The van der Waals surface area contributed by atoms with Gasteiger partial charge >= 0.3 is 5.97 Å². The Morgan fingerprint density at radius 1 is 1.28 bits per heavy atom. The monoisotopic (exact) mass is 358 g/mol. The summed E-state index contributed by atoms with van der Waals surface area (Å²) in [6.07, 6.45) is -1.39. The highest BCUT2D eigenvalue weighted by molar-refractivity contribution is 7.14. The van der Waals surface area contributed by atoms with Gasteiger partial charge in [-0.05, 0) is 36.9 Å². The van der Waals surface area contributed by atoms with Gasteiger partial charge in [0.05, 0.1) is 5.56 Å². The molecule has 2 rings (SSSR count). The maximum Gasteiger partial charge on any atom is 0.348 e. The van der Waals surface area contributed by atoms with Crippen molar-refractivity contribution in [1.29, 1.82) is 5.26 Å². The lowest BCUT2D eigenvalue weighted by atomic mass is 10.2. The largest absolute Gasteiger partial charge is 0.479 e. The number of anilines is 1. The summed E-state index contributed by atoms with van der Waals surface area (Å²) >= 11 is 1.23. The van der Waals surface area contributed by atoms with Gasteiger partial charge in [0.1, 0.15) is 16.8 Å². The van der Waals surface area contributed by atoms with Crippen LogP contribution in [0.15, 0.2) is 41.8 Å². The third kappa shape index (κ3) is 5.06. The molecule has 2 aromatic rings. The van der Waals surface area contributed by atoms with Crippen molar-refractivity contribution in [1.82, 2.24) is 0 Å². The highest BCUT2D eigenvalue weighted by Gasteiger charge is 2.26. The van der Waals surface area contributed by atoms with Crippen LogP contribution in [0.2, 0.25) is 0 Å². The second kappa shape index (κ2) is 8.85. The van der Waals surface area contributed by atoms with Crippen molar-refractivity contribution in [2.75, 3.05) is 5.32 Å². The summed E-state index contributed by atoms with van der Waals surface area (Å²) in [4.78, 5) is 24.4. The van der Waals surface area contributed by atoms with E-state index in [1.165, 1.54) is 18.3 Å². The molecule has 1 aromatic heterocycles. The molecule has 7 heteroatoms. The SMILES string of the molecule is CC[C@H](Oc1ccccc1)C(=O)O[C@@H](C)C(=O)Nc1sccc1C#N. The van der Waals surface area contributed by atoms with Gasteiger partial charge in [0.15, 0.2) is 12.2 Å². The topological polar surface area (TPSA) is 88.4 Å². The Balaban J connectivity index is 1.93. The predicted molar refractivity (Wildman–Crippen MR) is 94.4 cm³/mol. The Morgan fingerprint density at radius 2 is 2.00 bits per heavy atom. The average molecular weight is 358 g/mol. The molecule has 0 aliphatic carbocycles. The van der Waals surface area contributed by atoms with Crippen LogP contribution < -0.4 is 10.1 Å². The molecule has 1 N–H and O–H groups in total. The summed E-state index contributed by atoms with van der Waals surface area (Å²) in [6, 6.07) is 12.5. The lowest BCUT2D eigenvalue weighted by Gasteiger charge is -2.19. The number of amides is 1. The summed E-state index contributed by atoms with van der Waals surface area (Å²) in [7, 11) is 0. The van der Waals surface area contributed by atoms with Gasteiger partial charge in [-0.15, -0.1) is 11.3 Å². The summed E-state index contributed by atoms with van der Waals surface area (Å²) in [5.74, 6) is -0.553. The first-order valence-corrected chi connectivity index (χ1v) is 8.63. The van der Waals surface area contributed by atoms with E-state index >= 15 is 0 Å². The highest BCUT2D eigenvalue weighted by atomic mass is 32.1. The quantitative estimate of drug-likeness (QED) is 0.767. The van der Waals surface area contributed by atoms with Crippen LogP contribution in [0.25, 0.3) is 0 Å². The first kappa shape index (κ1) is 18.5. The standard InChI is InChI=1S/C18H18N2O4S/c1-3-15(24-14-7-5-4-6-8-14)18(22)23-12(2)16(21)20-17-13(11-19)9-10-25-17/h4-10,12,15H,3H2,1-2H3,(H,20,21)/t12-,15-/m0/s1. The first-order valence-electron chi connectivity index (χ1n) is 7.75. The van der Waals surface area contributed by atoms with Crippen LogP contribution in [0.1, 0.15) is 25.8 Å². The zero-order valence-corrected chi connectivity index (χ0v) is 14.7. The second-order valence-electron chi connectivity index (χ2n) is 5.17. The van der Waals surface area contributed by atoms with E-state index < -0.39 is 24.1 Å². The molecule has 0 saturated heterocycles. The number of hydrogen-bond donors (Lipinski definition) is 1. The van der Waals surface area contributed by atoms with Gasteiger partial charge in [-0.2, -0.15) is 5.26 Å². The fourth-order valence-electron chi connectivity index (χ4n) is 1.97. The van der Waals surface area contributed by atoms with Crippen molar-refractivity contribution in [3.05, 3.63) is 47.3 Å². The fourth-order valence-corrected chi connectivity index (χ4v) is 2.71. The predicted octanol–water partition coefficient (Wildman–Crippen LogP) is 3.35. The lowest BCUT2D eigenvalue weighted by Crippen LogP contribution is -2.36. The number of hydrogen-bond acceptors (Lipinski definition) is 6. The van der Waals surface area contributed by atoms with Crippen LogP contribution in [-0.4, -0.2) is 24.1 Å². The van der Waals surface area contributed by atoms with Gasteiger partial charge in [-0.3, -0.25) is 4.79 Å². The van der Waals surface area contributed by atoms with E-state index in [2.05, 4.69) is 5.32 Å². The molecule has 0 bridgehead atoms. The van der Waals surface area contributed by atoms with Crippen LogP contribution >= 0.6 is 11.3 Å². The molecule has 0 unspecified atom stereocenters. The van der Waals surface area contributed by atoms with Crippen molar-refractivity contribution in [3.8, 4) is 11.8 Å². The maximum absolute atomic E-state index is 12.2. The summed E-state index contributed by atoms with van der Waals surface area (Å²) in [6.45, 7) is 3.27. The summed E-state index contributed by atoms with van der Waals surface area (Å²) in [5.41, 5.74) is 0.371. The van der Waals surface area contributed by atoms with E-state index in [9.17, 15) is 9.59 Å². The Hall–Kier alpha value is -2.85. The van der Waals surface area contributed by atoms with Crippen molar-refractivity contribution >= 4 is 28.2 Å². The zero-order chi connectivity index (χ0) is 18.2. The van der Waals surface area contributed by atoms with Gasteiger partial charge in [-0.25, -0.2) is 4.79 Å². The molecule has 2 atom stereocenters. The van der Waals surface area contributed by atoms with Crippen LogP contribution in [0.4, 0.5) is 5.00 Å². The second-order valence-corrected chi connectivity index (χ2v) is 6.09. The van der Waals surface area contributed by atoms with E-state index in [4.69, 9.17) is 14.7 Å². The van der Waals surface area contributed by atoms with Crippen LogP contribution in [0.3, 0.4) is 0 Å². The fraction of sp³-hybridized carbons (Fsp3) is 0.278. The molecule has 0 radical (unpaired) electrons. The number of para-hydroxylation sites is 1. The van der Waals surface area contributed by atoms with Gasteiger partial charge in [0.25, 0.3) is 5.91 Å². The molecule has 6 nitrogen and oxygen atoms in total. The first-order chi connectivity index (χ1) is 12.0. The third-order valence-corrected chi connectivity index (χ3v) is 4.17. The molecular formula is C18H18N2O4S. The van der Waals surface area contributed by atoms with Crippen molar-refractivity contribution in [2.45, 2.75) is 32.5 Å². The van der Waals surface area contributed by atoms with Gasteiger partial charge in [-0.1, -0.05) is 25.1 Å².